The van der Waals surface area contributed by atoms with Crippen molar-refractivity contribution in [3.8, 4) is 11.5 Å². The number of alkyl halides is 3. The third-order valence-corrected chi connectivity index (χ3v) is 3.99. The lowest BCUT2D eigenvalue weighted by atomic mass is 10.1. The maximum atomic E-state index is 12.9. The fourth-order valence-electron chi connectivity index (χ4n) is 2.16. The summed E-state index contributed by atoms with van der Waals surface area (Å²) in [6, 6.07) is 5.41. The van der Waals surface area contributed by atoms with Gasteiger partial charge in [0.05, 0.1) is 22.7 Å². The van der Waals surface area contributed by atoms with Crippen molar-refractivity contribution in [3.05, 3.63) is 51.5 Å². The quantitative estimate of drug-likeness (QED) is 0.711. The van der Waals surface area contributed by atoms with E-state index in [0.29, 0.717) is 6.07 Å². The lowest BCUT2D eigenvalue weighted by molar-refractivity contribution is -0.137. The number of primary amides is 1. The van der Waals surface area contributed by atoms with Crippen LogP contribution >= 0.6 is 23.2 Å². The van der Waals surface area contributed by atoms with Crippen molar-refractivity contribution in [3.63, 3.8) is 0 Å². The Hall–Kier alpha value is -2.65. The van der Waals surface area contributed by atoms with Crippen LogP contribution in [0.2, 0.25) is 10.0 Å². The number of carbonyl (C=O) groups excluding carboxylic acids is 2. The van der Waals surface area contributed by atoms with Crippen LogP contribution in [0.3, 0.4) is 0 Å². The van der Waals surface area contributed by atoms with Crippen molar-refractivity contribution < 1.29 is 32.2 Å². The van der Waals surface area contributed by atoms with Gasteiger partial charge in [-0.3, -0.25) is 9.59 Å². The minimum atomic E-state index is -4.68. The van der Waals surface area contributed by atoms with E-state index in [-0.39, 0.29) is 27.8 Å². The van der Waals surface area contributed by atoms with Gasteiger partial charge in [0.2, 0.25) is 0 Å². The zero-order valence-corrected chi connectivity index (χ0v) is 15.7. The topological polar surface area (TPSA) is 90.7 Å². The number of amides is 2. The molecule has 0 unspecified atom stereocenters. The first kappa shape index (κ1) is 21.6. The van der Waals surface area contributed by atoms with Gasteiger partial charge in [0.25, 0.3) is 11.8 Å². The Bertz CT molecular complexity index is 920. The van der Waals surface area contributed by atoms with Crippen molar-refractivity contribution in [2.24, 2.45) is 5.73 Å². The molecule has 0 radical (unpaired) electrons. The Morgan fingerprint density at radius 1 is 1.14 bits per heavy atom. The summed E-state index contributed by atoms with van der Waals surface area (Å²) in [7, 11) is 1.28. The molecule has 0 aliphatic carbocycles. The Labute approximate surface area is 167 Å². The van der Waals surface area contributed by atoms with E-state index < -0.39 is 35.2 Å². The van der Waals surface area contributed by atoms with Crippen LogP contribution in [0.1, 0.15) is 15.9 Å². The molecule has 0 heterocycles. The normalized spacial score (nSPS) is 11.1. The number of ether oxygens (including phenoxy) is 2. The molecule has 0 bridgehead atoms. The minimum absolute atomic E-state index is 0.00892. The van der Waals surface area contributed by atoms with E-state index in [0.717, 1.165) is 6.07 Å². The van der Waals surface area contributed by atoms with Gasteiger partial charge < -0.3 is 20.5 Å². The lowest BCUT2D eigenvalue weighted by Crippen LogP contribution is -2.20. The molecule has 0 spiro atoms. The average Bonchev–Trinajstić information content (AvgIpc) is 2.60. The van der Waals surface area contributed by atoms with E-state index in [9.17, 15) is 22.8 Å². The van der Waals surface area contributed by atoms with Crippen molar-refractivity contribution in [1.82, 2.24) is 0 Å². The number of nitrogens with two attached hydrogens (primary N) is 1. The van der Waals surface area contributed by atoms with Gasteiger partial charge in [-0.05, 0) is 30.3 Å². The number of rotatable bonds is 6. The predicted molar refractivity (Wildman–Crippen MR) is 97.1 cm³/mol. The highest BCUT2D eigenvalue weighted by molar-refractivity contribution is 6.33. The summed E-state index contributed by atoms with van der Waals surface area (Å²) in [5, 5.41) is 1.77. The van der Waals surface area contributed by atoms with Crippen LogP contribution in [0.5, 0.6) is 11.5 Å². The van der Waals surface area contributed by atoms with Crippen molar-refractivity contribution in [1.29, 1.82) is 0 Å². The number of carbonyl (C=O) groups is 2. The van der Waals surface area contributed by atoms with Gasteiger partial charge in [-0.2, -0.15) is 13.2 Å². The second-order valence-corrected chi connectivity index (χ2v) is 6.21. The van der Waals surface area contributed by atoms with Crippen LogP contribution in [-0.4, -0.2) is 25.5 Å². The standard InChI is InChI=1S/C17H13Cl2F3N2O4/c1-27-13-5-8(4-12(19)15(13)28-7-14(23)25)16(26)24-9-2-3-11(18)10(6-9)17(20,21)22/h2-6H,7H2,1H3,(H2,23,25)(H,24,26). The Balaban J connectivity index is 2.30. The minimum Gasteiger partial charge on any atom is -0.493 e. The number of hydrogen-bond acceptors (Lipinski definition) is 4. The fourth-order valence-corrected chi connectivity index (χ4v) is 2.65. The van der Waals surface area contributed by atoms with Gasteiger partial charge in [0.1, 0.15) is 0 Å². The summed E-state index contributed by atoms with van der Waals surface area (Å²) in [6.45, 7) is -0.466. The Kier molecular flexibility index (Phi) is 6.63. The van der Waals surface area contributed by atoms with Gasteiger partial charge in [-0.25, -0.2) is 0 Å². The summed E-state index contributed by atoms with van der Waals surface area (Å²) in [5.74, 6) is -1.48. The zero-order valence-electron chi connectivity index (χ0n) is 14.2. The molecule has 2 rings (SSSR count). The van der Waals surface area contributed by atoms with Crippen LogP contribution in [0.25, 0.3) is 0 Å². The molecule has 0 aliphatic heterocycles. The number of benzene rings is 2. The van der Waals surface area contributed by atoms with E-state index in [4.69, 9.17) is 38.4 Å². The van der Waals surface area contributed by atoms with E-state index in [1.165, 1.54) is 25.3 Å². The smallest absolute Gasteiger partial charge is 0.417 e. The molecule has 150 valence electrons. The van der Waals surface area contributed by atoms with Gasteiger partial charge in [0.15, 0.2) is 18.1 Å². The summed E-state index contributed by atoms with van der Waals surface area (Å²) >= 11 is 11.6. The summed E-state index contributed by atoms with van der Waals surface area (Å²) in [5.41, 5.74) is 3.78. The average molecular weight is 437 g/mol. The van der Waals surface area contributed by atoms with Crippen molar-refractivity contribution in [2.45, 2.75) is 6.18 Å². The van der Waals surface area contributed by atoms with Gasteiger partial charge in [-0.15, -0.1) is 0 Å². The molecule has 0 aliphatic rings. The first-order chi connectivity index (χ1) is 13.0. The summed E-state index contributed by atoms with van der Waals surface area (Å²) in [4.78, 5) is 23.2. The van der Waals surface area contributed by atoms with Crippen molar-refractivity contribution in [2.75, 3.05) is 19.0 Å². The third-order valence-electron chi connectivity index (χ3n) is 3.38. The molecule has 2 aromatic rings. The van der Waals surface area contributed by atoms with Gasteiger partial charge in [0, 0.05) is 11.3 Å². The second-order valence-electron chi connectivity index (χ2n) is 5.39. The monoisotopic (exact) mass is 436 g/mol. The number of halogens is 5. The Morgan fingerprint density at radius 2 is 1.82 bits per heavy atom. The molecule has 11 heteroatoms. The highest BCUT2D eigenvalue weighted by atomic mass is 35.5. The number of anilines is 1. The molecule has 0 saturated carbocycles. The molecule has 0 atom stereocenters. The molecule has 0 aromatic heterocycles. The first-order valence-corrected chi connectivity index (χ1v) is 8.25. The van der Waals surface area contributed by atoms with Crippen LogP contribution in [0.4, 0.5) is 18.9 Å². The zero-order chi connectivity index (χ0) is 21.1. The Morgan fingerprint density at radius 3 is 2.39 bits per heavy atom. The molecule has 2 amide bonds. The van der Waals surface area contributed by atoms with Crippen LogP contribution in [-0.2, 0) is 11.0 Å². The number of nitrogens with one attached hydrogen (secondary N) is 1. The van der Waals surface area contributed by atoms with Crippen molar-refractivity contribution >= 4 is 40.7 Å². The predicted octanol–water partition coefficient (Wildman–Crippen LogP) is 4.14. The maximum Gasteiger partial charge on any atom is 0.417 e. The first-order valence-electron chi connectivity index (χ1n) is 7.49. The number of methoxy groups -OCH3 is 1. The highest BCUT2D eigenvalue weighted by Crippen LogP contribution is 2.38. The van der Waals surface area contributed by atoms with Gasteiger partial charge in [-0.1, -0.05) is 23.2 Å². The molecule has 6 nitrogen and oxygen atoms in total. The van der Waals surface area contributed by atoms with Crippen LogP contribution in [0, 0.1) is 0 Å². The van der Waals surface area contributed by atoms with E-state index >= 15 is 0 Å². The van der Waals surface area contributed by atoms with Crippen LogP contribution < -0.4 is 20.5 Å². The largest absolute Gasteiger partial charge is 0.493 e. The third kappa shape index (κ3) is 5.20. The lowest BCUT2D eigenvalue weighted by Gasteiger charge is -2.14. The molecule has 3 N–H and O–H groups in total. The van der Waals surface area contributed by atoms with E-state index in [1.807, 2.05) is 0 Å². The summed E-state index contributed by atoms with van der Waals surface area (Å²) in [6.07, 6.45) is -4.68. The fraction of sp³-hybridized carbons (Fsp3) is 0.176. The molecular weight excluding hydrogens is 424 g/mol. The second kappa shape index (κ2) is 8.57. The van der Waals surface area contributed by atoms with Crippen LogP contribution in [0.15, 0.2) is 30.3 Å². The molecular formula is C17H13Cl2F3N2O4. The van der Waals surface area contributed by atoms with E-state index in [2.05, 4.69) is 5.32 Å². The van der Waals surface area contributed by atoms with E-state index in [1.54, 1.807) is 0 Å². The molecule has 28 heavy (non-hydrogen) atoms. The molecule has 2 aromatic carbocycles. The summed E-state index contributed by atoms with van der Waals surface area (Å²) < 4.78 is 49.0. The number of hydrogen-bond donors (Lipinski definition) is 2. The highest BCUT2D eigenvalue weighted by Gasteiger charge is 2.33. The SMILES string of the molecule is COc1cc(C(=O)Nc2ccc(Cl)c(C(F)(F)F)c2)cc(Cl)c1OCC(N)=O. The van der Waals surface area contributed by atoms with Gasteiger partial charge >= 0.3 is 6.18 Å². The molecule has 0 fully saturated rings. The maximum absolute atomic E-state index is 12.9. The molecule has 0 saturated heterocycles.